The van der Waals surface area contributed by atoms with Crippen molar-refractivity contribution in [3.05, 3.63) is 58.9 Å². The van der Waals surface area contributed by atoms with Crippen molar-refractivity contribution in [1.82, 2.24) is 10.3 Å². The third-order valence-corrected chi connectivity index (χ3v) is 4.92. The van der Waals surface area contributed by atoms with Gasteiger partial charge in [0, 0.05) is 37.1 Å². The van der Waals surface area contributed by atoms with Gasteiger partial charge in [0.05, 0.1) is 5.92 Å². The van der Waals surface area contributed by atoms with Gasteiger partial charge in [0.2, 0.25) is 11.8 Å². The van der Waals surface area contributed by atoms with Gasteiger partial charge in [-0.2, -0.15) is 0 Å². The summed E-state index contributed by atoms with van der Waals surface area (Å²) >= 11 is 5.87. The third kappa shape index (κ3) is 3.66. The van der Waals surface area contributed by atoms with Gasteiger partial charge in [0.25, 0.3) is 0 Å². The van der Waals surface area contributed by atoms with Gasteiger partial charge in [-0.1, -0.05) is 23.7 Å². The maximum Gasteiger partial charge on any atom is 0.227 e. The van der Waals surface area contributed by atoms with E-state index in [1.165, 1.54) is 0 Å². The molecule has 0 spiro atoms. The van der Waals surface area contributed by atoms with Crippen LogP contribution in [-0.2, 0) is 16.1 Å². The van der Waals surface area contributed by atoms with Crippen LogP contribution in [0.4, 0.5) is 5.69 Å². The summed E-state index contributed by atoms with van der Waals surface area (Å²) in [7, 11) is 0. The molecule has 1 aromatic heterocycles. The Morgan fingerprint density at radius 1 is 1.30 bits per heavy atom. The first-order valence-electron chi connectivity index (χ1n) is 8.69. The Morgan fingerprint density at radius 2 is 2.07 bits per heavy atom. The Labute approximate surface area is 161 Å². The number of rotatable bonds is 4. The van der Waals surface area contributed by atoms with E-state index in [-0.39, 0.29) is 24.2 Å². The zero-order valence-corrected chi connectivity index (χ0v) is 15.5. The van der Waals surface area contributed by atoms with Crippen molar-refractivity contribution >= 4 is 40.2 Å². The molecular weight excluding hydrogens is 366 g/mol. The maximum absolute atomic E-state index is 12.5. The zero-order valence-electron chi connectivity index (χ0n) is 14.7. The Hall–Kier alpha value is -2.86. The topological polar surface area (TPSA) is 75.4 Å². The number of halogens is 1. The van der Waals surface area contributed by atoms with Crippen LogP contribution in [0.1, 0.15) is 17.9 Å². The highest BCUT2D eigenvalue weighted by Crippen LogP contribution is 2.28. The molecule has 1 aliphatic rings. The van der Waals surface area contributed by atoms with Gasteiger partial charge in [-0.3, -0.25) is 9.59 Å². The molecular formula is C20H18ClN3O3. The van der Waals surface area contributed by atoms with Crippen LogP contribution in [0.15, 0.2) is 46.9 Å². The highest BCUT2D eigenvalue weighted by molar-refractivity contribution is 6.30. The van der Waals surface area contributed by atoms with Crippen LogP contribution >= 0.6 is 11.6 Å². The standard InChI is InChI=1S/C20H18ClN3O3/c1-12-23-17-9-16(6-7-18(17)27-12)24-11-14(8-19(24)25)20(26)22-10-13-2-4-15(21)5-3-13/h2-7,9,14H,8,10-11H2,1H3,(H,22,26)/t14-/m0/s1. The molecule has 0 aliphatic carbocycles. The van der Waals surface area contributed by atoms with Crippen molar-refractivity contribution in [2.75, 3.05) is 11.4 Å². The normalized spacial score (nSPS) is 16.9. The maximum atomic E-state index is 12.5. The highest BCUT2D eigenvalue weighted by Gasteiger charge is 2.35. The van der Waals surface area contributed by atoms with Crippen LogP contribution in [0.5, 0.6) is 0 Å². The lowest BCUT2D eigenvalue weighted by molar-refractivity contribution is -0.126. The molecule has 0 unspecified atom stereocenters. The number of aromatic nitrogens is 1. The number of carbonyl (C=O) groups excluding carboxylic acids is 2. The molecule has 1 atom stereocenters. The molecule has 7 heteroatoms. The van der Waals surface area contributed by atoms with Gasteiger partial charge < -0.3 is 14.6 Å². The Bertz CT molecular complexity index is 1010. The SMILES string of the molecule is Cc1nc2cc(N3C[C@@H](C(=O)NCc4ccc(Cl)cc4)CC3=O)ccc2o1. The molecule has 3 aromatic rings. The van der Waals surface area contributed by atoms with Crippen LogP contribution in [0, 0.1) is 12.8 Å². The fraction of sp³-hybridized carbons (Fsp3) is 0.250. The minimum absolute atomic E-state index is 0.0683. The molecule has 2 aromatic carbocycles. The third-order valence-electron chi connectivity index (χ3n) is 4.67. The monoisotopic (exact) mass is 383 g/mol. The lowest BCUT2D eigenvalue weighted by Crippen LogP contribution is -2.32. The molecule has 1 aliphatic heterocycles. The average molecular weight is 384 g/mol. The van der Waals surface area contributed by atoms with E-state index in [4.69, 9.17) is 16.0 Å². The predicted octanol–water partition coefficient (Wildman–Crippen LogP) is 3.46. The summed E-state index contributed by atoms with van der Waals surface area (Å²) in [6, 6.07) is 12.7. The van der Waals surface area contributed by atoms with E-state index in [0.717, 1.165) is 11.3 Å². The molecule has 1 N–H and O–H groups in total. The Kier molecular flexibility index (Phi) is 4.58. The van der Waals surface area contributed by atoms with Gasteiger partial charge in [-0.05, 0) is 35.9 Å². The average Bonchev–Trinajstić information content (AvgIpc) is 3.22. The number of hydrogen-bond donors (Lipinski definition) is 1. The van der Waals surface area contributed by atoms with E-state index in [2.05, 4.69) is 10.3 Å². The highest BCUT2D eigenvalue weighted by atomic mass is 35.5. The summed E-state index contributed by atoms with van der Waals surface area (Å²) in [5.74, 6) is 0.00858. The molecule has 2 heterocycles. The number of amides is 2. The molecule has 6 nitrogen and oxygen atoms in total. The summed E-state index contributed by atoms with van der Waals surface area (Å²) in [6.45, 7) is 2.54. The largest absolute Gasteiger partial charge is 0.441 e. The molecule has 27 heavy (non-hydrogen) atoms. The van der Waals surface area contributed by atoms with Crippen molar-refractivity contribution < 1.29 is 14.0 Å². The fourth-order valence-electron chi connectivity index (χ4n) is 3.27. The van der Waals surface area contributed by atoms with E-state index >= 15 is 0 Å². The lowest BCUT2D eigenvalue weighted by Gasteiger charge is -2.16. The molecule has 2 amide bonds. The van der Waals surface area contributed by atoms with Crippen LogP contribution in [0.3, 0.4) is 0 Å². The van der Waals surface area contributed by atoms with E-state index in [1.54, 1.807) is 30.0 Å². The van der Waals surface area contributed by atoms with Crippen molar-refractivity contribution in [1.29, 1.82) is 0 Å². The molecule has 138 valence electrons. The van der Waals surface area contributed by atoms with Crippen molar-refractivity contribution in [3.8, 4) is 0 Å². The Balaban J connectivity index is 1.42. The fourth-order valence-corrected chi connectivity index (χ4v) is 3.39. The van der Waals surface area contributed by atoms with Crippen molar-refractivity contribution in [2.45, 2.75) is 19.9 Å². The summed E-state index contributed by atoms with van der Waals surface area (Å²) in [6.07, 6.45) is 0.197. The molecule has 4 rings (SSSR count). The first-order chi connectivity index (χ1) is 13.0. The molecule has 0 saturated carbocycles. The van der Waals surface area contributed by atoms with Crippen LogP contribution in [-0.4, -0.2) is 23.3 Å². The number of benzene rings is 2. The smallest absolute Gasteiger partial charge is 0.227 e. The van der Waals surface area contributed by atoms with Crippen molar-refractivity contribution in [3.63, 3.8) is 0 Å². The van der Waals surface area contributed by atoms with Gasteiger partial charge in [-0.25, -0.2) is 4.98 Å². The van der Waals surface area contributed by atoms with Crippen LogP contribution in [0.2, 0.25) is 5.02 Å². The second kappa shape index (κ2) is 7.04. The first kappa shape index (κ1) is 17.5. The molecule has 1 saturated heterocycles. The molecule has 0 radical (unpaired) electrons. The van der Waals surface area contributed by atoms with E-state index in [1.807, 2.05) is 24.3 Å². The van der Waals surface area contributed by atoms with Gasteiger partial charge in [0.1, 0.15) is 5.52 Å². The van der Waals surface area contributed by atoms with Crippen LogP contribution < -0.4 is 10.2 Å². The van der Waals surface area contributed by atoms with Crippen LogP contribution in [0.25, 0.3) is 11.1 Å². The number of nitrogens with zero attached hydrogens (tertiary/aromatic N) is 2. The van der Waals surface area contributed by atoms with Gasteiger partial charge in [0.15, 0.2) is 11.5 Å². The quantitative estimate of drug-likeness (QED) is 0.748. The van der Waals surface area contributed by atoms with E-state index in [0.29, 0.717) is 35.1 Å². The van der Waals surface area contributed by atoms with Crippen molar-refractivity contribution in [2.24, 2.45) is 5.92 Å². The lowest BCUT2D eigenvalue weighted by atomic mass is 10.1. The first-order valence-corrected chi connectivity index (χ1v) is 9.07. The van der Waals surface area contributed by atoms with Gasteiger partial charge >= 0.3 is 0 Å². The number of nitrogens with one attached hydrogen (secondary N) is 1. The predicted molar refractivity (Wildman–Crippen MR) is 103 cm³/mol. The minimum Gasteiger partial charge on any atom is -0.441 e. The summed E-state index contributed by atoms with van der Waals surface area (Å²) in [4.78, 5) is 30.8. The Morgan fingerprint density at radius 3 is 2.85 bits per heavy atom. The second-order valence-corrected chi connectivity index (χ2v) is 7.07. The number of oxazole rings is 1. The number of carbonyl (C=O) groups is 2. The number of aryl methyl sites for hydroxylation is 1. The number of fused-ring (bicyclic) bond motifs is 1. The van der Waals surface area contributed by atoms with Gasteiger partial charge in [-0.15, -0.1) is 0 Å². The zero-order chi connectivity index (χ0) is 19.0. The van der Waals surface area contributed by atoms with E-state index in [9.17, 15) is 9.59 Å². The second-order valence-electron chi connectivity index (χ2n) is 6.63. The number of hydrogen-bond acceptors (Lipinski definition) is 4. The molecule has 1 fully saturated rings. The number of anilines is 1. The summed E-state index contributed by atoms with van der Waals surface area (Å²) in [5, 5.41) is 3.55. The summed E-state index contributed by atoms with van der Waals surface area (Å²) in [5.41, 5.74) is 3.07. The molecule has 0 bridgehead atoms. The summed E-state index contributed by atoms with van der Waals surface area (Å²) < 4.78 is 5.47. The minimum atomic E-state index is -0.375. The van der Waals surface area contributed by atoms with E-state index < -0.39 is 0 Å².